The molecule has 114 valence electrons. The minimum absolute atomic E-state index is 0.146. The fourth-order valence-electron chi connectivity index (χ4n) is 2.18. The average molecular weight is 308 g/mol. The topological polar surface area (TPSA) is 75.4 Å². The molecule has 0 bridgehead atoms. The summed E-state index contributed by atoms with van der Waals surface area (Å²) in [5, 5.41) is 17.6. The van der Waals surface area contributed by atoms with Crippen molar-refractivity contribution in [2.24, 2.45) is 5.92 Å². The quantitative estimate of drug-likeness (QED) is 0.786. The predicted octanol–water partition coefficient (Wildman–Crippen LogP) is 2.93. The number of thiophene rings is 1. The minimum atomic E-state index is -0.236. The molecule has 2 aromatic heterocycles. The Balaban J connectivity index is 1.91. The molecule has 5 nitrogen and oxygen atoms in total. The van der Waals surface area contributed by atoms with Crippen LogP contribution in [0.5, 0.6) is 0 Å². The van der Waals surface area contributed by atoms with Gasteiger partial charge in [0.2, 0.25) is 0 Å². The van der Waals surface area contributed by atoms with E-state index in [1.54, 1.807) is 6.07 Å². The number of hydrogen-bond acceptors (Lipinski definition) is 5. The summed E-state index contributed by atoms with van der Waals surface area (Å²) < 4.78 is 5.19. The van der Waals surface area contributed by atoms with Crippen LogP contribution in [-0.2, 0) is 0 Å². The Morgan fingerprint density at radius 1 is 1.52 bits per heavy atom. The lowest BCUT2D eigenvalue weighted by Crippen LogP contribution is -2.30. The first-order valence-electron chi connectivity index (χ1n) is 7.14. The Morgan fingerprint density at radius 3 is 3.05 bits per heavy atom. The first kappa shape index (κ1) is 15.7. The Kier molecular flexibility index (Phi) is 5.95. The summed E-state index contributed by atoms with van der Waals surface area (Å²) in [6.45, 7) is 2.79. The number of rotatable bonds is 8. The fourth-order valence-corrected chi connectivity index (χ4v) is 2.86. The molecule has 0 spiro atoms. The Labute approximate surface area is 128 Å². The van der Waals surface area contributed by atoms with Crippen molar-refractivity contribution in [3.63, 3.8) is 0 Å². The second-order valence-electron chi connectivity index (χ2n) is 4.93. The molecule has 1 unspecified atom stereocenters. The number of nitrogens with zero attached hydrogens (tertiary/aromatic N) is 1. The fraction of sp³-hybridized carbons (Fsp3) is 0.467. The molecule has 1 atom stereocenters. The number of aromatic nitrogens is 1. The van der Waals surface area contributed by atoms with Crippen LogP contribution in [0.15, 0.2) is 28.1 Å². The van der Waals surface area contributed by atoms with Crippen molar-refractivity contribution in [3.05, 3.63) is 29.3 Å². The summed E-state index contributed by atoms with van der Waals surface area (Å²) in [7, 11) is 0. The van der Waals surface area contributed by atoms with E-state index < -0.39 is 0 Å². The van der Waals surface area contributed by atoms with Gasteiger partial charge in [0.1, 0.15) is 0 Å². The van der Waals surface area contributed by atoms with Gasteiger partial charge in [0.15, 0.2) is 11.5 Å². The highest BCUT2D eigenvalue weighted by Crippen LogP contribution is 2.25. The second-order valence-corrected chi connectivity index (χ2v) is 5.88. The van der Waals surface area contributed by atoms with Crippen molar-refractivity contribution in [2.45, 2.75) is 26.2 Å². The van der Waals surface area contributed by atoms with Gasteiger partial charge < -0.3 is 14.9 Å². The van der Waals surface area contributed by atoms with Crippen molar-refractivity contribution in [2.75, 3.05) is 13.2 Å². The predicted molar refractivity (Wildman–Crippen MR) is 82.3 cm³/mol. The smallest absolute Gasteiger partial charge is 0.273 e. The van der Waals surface area contributed by atoms with Gasteiger partial charge in [-0.1, -0.05) is 24.6 Å². The van der Waals surface area contributed by atoms with Crippen LogP contribution in [0.3, 0.4) is 0 Å². The number of aliphatic hydroxyl groups excluding tert-OH is 1. The first-order valence-corrected chi connectivity index (χ1v) is 8.02. The van der Waals surface area contributed by atoms with E-state index in [2.05, 4.69) is 17.4 Å². The minimum Gasteiger partial charge on any atom is -0.396 e. The zero-order valence-electron chi connectivity index (χ0n) is 12.0. The van der Waals surface area contributed by atoms with Crippen LogP contribution >= 0.6 is 11.3 Å². The van der Waals surface area contributed by atoms with Gasteiger partial charge in [-0.25, -0.2) is 0 Å². The molecular formula is C15H20N2O3S. The van der Waals surface area contributed by atoms with Crippen LogP contribution in [0.25, 0.3) is 10.6 Å². The van der Waals surface area contributed by atoms with Crippen LogP contribution in [0.2, 0.25) is 0 Å². The summed E-state index contributed by atoms with van der Waals surface area (Å²) in [6.07, 6.45) is 2.72. The van der Waals surface area contributed by atoms with Crippen molar-refractivity contribution >= 4 is 17.2 Å². The molecule has 0 aliphatic carbocycles. The number of aliphatic hydroxyl groups is 1. The van der Waals surface area contributed by atoms with Gasteiger partial charge in [-0.15, -0.1) is 11.3 Å². The highest BCUT2D eigenvalue weighted by Gasteiger charge is 2.15. The molecule has 0 saturated carbocycles. The summed E-state index contributed by atoms with van der Waals surface area (Å²) in [4.78, 5) is 13.0. The van der Waals surface area contributed by atoms with E-state index >= 15 is 0 Å². The number of carbonyl (C=O) groups excluding carboxylic acids is 1. The highest BCUT2D eigenvalue weighted by atomic mass is 32.1. The second kappa shape index (κ2) is 7.95. The molecule has 2 rings (SSSR count). The van der Waals surface area contributed by atoms with Crippen molar-refractivity contribution in [3.8, 4) is 10.6 Å². The molecule has 1 amide bonds. The normalized spacial score (nSPS) is 12.3. The first-order chi connectivity index (χ1) is 10.2. The van der Waals surface area contributed by atoms with Gasteiger partial charge in [-0.05, 0) is 30.2 Å². The lowest BCUT2D eigenvalue weighted by atomic mass is 10.0. The van der Waals surface area contributed by atoms with Crippen LogP contribution in [0.1, 0.15) is 36.7 Å². The third kappa shape index (κ3) is 4.41. The molecule has 0 aliphatic rings. The molecule has 21 heavy (non-hydrogen) atoms. The number of nitrogens with one attached hydrogen (secondary N) is 1. The molecule has 0 aromatic carbocycles. The number of hydrogen-bond donors (Lipinski definition) is 2. The summed E-state index contributed by atoms with van der Waals surface area (Å²) in [5.74, 6) is 0.670. The maximum Gasteiger partial charge on any atom is 0.273 e. The zero-order chi connectivity index (χ0) is 15.1. The maximum atomic E-state index is 12.0. The van der Waals surface area contributed by atoms with Crippen molar-refractivity contribution < 1.29 is 14.4 Å². The monoisotopic (exact) mass is 308 g/mol. The van der Waals surface area contributed by atoms with Crippen LogP contribution in [0, 0.1) is 5.92 Å². The van der Waals surface area contributed by atoms with Crippen LogP contribution < -0.4 is 5.32 Å². The van der Waals surface area contributed by atoms with Crippen molar-refractivity contribution in [1.29, 1.82) is 0 Å². The van der Waals surface area contributed by atoms with Crippen molar-refractivity contribution in [1.82, 2.24) is 10.5 Å². The largest absolute Gasteiger partial charge is 0.396 e. The molecule has 0 aliphatic heterocycles. The number of carbonyl (C=O) groups is 1. The van der Waals surface area contributed by atoms with E-state index in [0.717, 1.165) is 17.7 Å². The summed E-state index contributed by atoms with van der Waals surface area (Å²) in [6, 6.07) is 5.50. The van der Waals surface area contributed by atoms with Gasteiger partial charge in [0, 0.05) is 19.2 Å². The standard InChI is InChI=1S/C15H20N2O3S/c1-2-4-11(6-7-18)10-16-15(19)12-9-13(20-17-12)14-5-3-8-21-14/h3,5,8-9,11,18H,2,4,6-7,10H2,1H3,(H,16,19). The van der Waals surface area contributed by atoms with Crippen LogP contribution in [-0.4, -0.2) is 29.3 Å². The van der Waals surface area contributed by atoms with Gasteiger partial charge >= 0.3 is 0 Å². The Morgan fingerprint density at radius 2 is 2.38 bits per heavy atom. The Bertz CT molecular complexity index is 545. The van der Waals surface area contributed by atoms with Gasteiger partial charge in [-0.2, -0.15) is 0 Å². The third-order valence-corrected chi connectivity index (χ3v) is 4.18. The molecule has 2 aromatic rings. The molecule has 0 radical (unpaired) electrons. The lowest BCUT2D eigenvalue weighted by molar-refractivity contribution is 0.0934. The molecular weight excluding hydrogens is 288 g/mol. The van der Waals surface area contributed by atoms with E-state index in [0.29, 0.717) is 24.6 Å². The molecule has 0 fully saturated rings. The molecule has 2 heterocycles. The highest BCUT2D eigenvalue weighted by molar-refractivity contribution is 7.13. The van der Waals surface area contributed by atoms with Gasteiger partial charge in [0.05, 0.1) is 4.88 Å². The number of amides is 1. The van der Waals surface area contributed by atoms with Gasteiger partial charge in [-0.3, -0.25) is 4.79 Å². The SMILES string of the molecule is CCCC(CCO)CNC(=O)c1cc(-c2cccs2)on1. The van der Waals surface area contributed by atoms with E-state index in [1.165, 1.54) is 11.3 Å². The van der Waals surface area contributed by atoms with E-state index in [4.69, 9.17) is 9.63 Å². The van der Waals surface area contributed by atoms with E-state index in [1.807, 2.05) is 17.5 Å². The summed E-state index contributed by atoms with van der Waals surface area (Å²) >= 11 is 1.54. The molecule has 0 saturated heterocycles. The maximum absolute atomic E-state index is 12.0. The third-order valence-electron chi connectivity index (χ3n) is 3.29. The average Bonchev–Trinajstić information content (AvgIpc) is 3.15. The van der Waals surface area contributed by atoms with E-state index in [-0.39, 0.29) is 18.2 Å². The van der Waals surface area contributed by atoms with Gasteiger partial charge in [0.25, 0.3) is 5.91 Å². The lowest BCUT2D eigenvalue weighted by Gasteiger charge is -2.14. The Hall–Kier alpha value is -1.66. The van der Waals surface area contributed by atoms with Crippen LogP contribution in [0.4, 0.5) is 0 Å². The van der Waals surface area contributed by atoms with E-state index in [9.17, 15) is 4.79 Å². The summed E-state index contributed by atoms with van der Waals surface area (Å²) in [5.41, 5.74) is 0.289. The zero-order valence-corrected chi connectivity index (χ0v) is 12.9. The molecule has 2 N–H and O–H groups in total. The molecule has 6 heteroatoms.